The van der Waals surface area contributed by atoms with E-state index in [1.165, 1.54) is 6.26 Å². The Morgan fingerprint density at radius 1 is 1.43 bits per heavy atom. The molecule has 1 amide bonds. The molecule has 0 saturated carbocycles. The van der Waals surface area contributed by atoms with E-state index in [2.05, 4.69) is 5.32 Å². The second-order valence-corrected chi connectivity index (χ2v) is 4.25. The Balaban J connectivity index is 2.29. The van der Waals surface area contributed by atoms with Crippen molar-refractivity contribution in [3.05, 3.63) is 63.6 Å². The molecule has 2 aromatic rings. The summed E-state index contributed by atoms with van der Waals surface area (Å²) < 4.78 is 32.2. The zero-order valence-electron chi connectivity index (χ0n) is 10.8. The smallest absolute Gasteiger partial charge is 0.308 e. The van der Waals surface area contributed by atoms with Crippen molar-refractivity contribution in [3.63, 3.8) is 0 Å². The minimum atomic E-state index is -1.38. The minimum absolute atomic E-state index is 0.412. The van der Waals surface area contributed by atoms with Crippen LogP contribution in [0.5, 0.6) is 0 Å². The van der Waals surface area contributed by atoms with Gasteiger partial charge in [0.2, 0.25) is 5.82 Å². The van der Waals surface area contributed by atoms with Crippen LogP contribution in [-0.4, -0.2) is 10.8 Å². The van der Waals surface area contributed by atoms with E-state index in [-0.39, 0.29) is 0 Å². The molecular weight excluding hydrogens is 286 g/mol. The summed E-state index contributed by atoms with van der Waals surface area (Å²) in [5.41, 5.74) is -1.83. The van der Waals surface area contributed by atoms with Crippen LogP contribution in [0.2, 0.25) is 0 Å². The average Bonchev–Trinajstić information content (AvgIpc) is 2.94. The lowest BCUT2D eigenvalue weighted by molar-refractivity contribution is -0.387. The molecule has 0 fully saturated rings. The van der Waals surface area contributed by atoms with Crippen LogP contribution in [0.3, 0.4) is 0 Å². The number of amides is 1. The van der Waals surface area contributed by atoms with Gasteiger partial charge in [-0.05, 0) is 25.1 Å². The molecule has 1 aromatic carbocycles. The Morgan fingerprint density at radius 2 is 2.14 bits per heavy atom. The van der Waals surface area contributed by atoms with Crippen molar-refractivity contribution in [1.29, 1.82) is 0 Å². The summed E-state index contributed by atoms with van der Waals surface area (Å²) in [6.45, 7) is 1.57. The fraction of sp³-hybridized carbons (Fsp3) is 0.154. The maximum absolute atomic E-state index is 13.9. The lowest BCUT2D eigenvalue weighted by atomic mass is 10.1. The monoisotopic (exact) mass is 296 g/mol. The van der Waals surface area contributed by atoms with Crippen LogP contribution in [0.1, 0.15) is 29.1 Å². The highest BCUT2D eigenvalue weighted by Gasteiger charge is 2.25. The molecule has 8 heteroatoms. The van der Waals surface area contributed by atoms with Crippen molar-refractivity contribution < 1.29 is 22.9 Å². The number of hydrogen-bond acceptors (Lipinski definition) is 4. The third-order valence-corrected chi connectivity index (χ3v) is 2.78. The Morgan fingerprint density at radius 3 is 2.71 bits per heavy atom. The highest BCUT2D eigenvalue weighted by Crippen LogP contribution is 2.23. The van der Waals surface area contributed by atoms with Gasteiger partial charge in [-0.1, -0.05) is 0 Å². The normalized spacial score (nSPS) is 12.0. The molecule has 0 aliphatic carbocycles. The molecule has 0 aliphatic rings. The molecule has 0 aliphatic heterocycles. The summed E-state index contributed by atoms with van der Waals surface area (Å²) in [6, 6.07) is 3.62. The van der Waals surface area contributed by atoms with Crippen molar-refractivity contribution >= 4 is 11.6 Å². The molecule has 1 aromatic heterocycles. The second kappa shape index (κ2) is 5.70. The van der Waals surface area contributed by atoms with Gasteiger partial charge in [-0.3, -0.25) is 14.9 Å². The molecule has 6 nitrogen and oxygen atoms in total. The number of hydrogen-bond donors (Lipinski definition) is 1. The number of furan rings is 1. The molecule has 2 rings (SSSR count). The van der Waals surface area contributed by atoms with Gasteiger partial charge in [-0.2, -0.15) is 4.39 Å². The number of carbonyl (C=O) groups is 1. The lowest BCUT2D eigenvalue weighted by Gasteiger charge is -2.12. The van der Waals surface area contributed by atoms with Crippen molar-refractivity contribution in [2.75, 3.05) is 0 Å². The van der Waals surface area contributed by atoms with Crippen LogP contribution >= 0.6 is 0 Å². The maximum atomic E-state index is 13.9. The van der Waals surface area contributed by atoms with E-state index in [0.29, 0.717) is 17.9 Å². The molecule has 1 N–H and O–H groups in total. The topological polar surface area (TPSA) is 85.4 Å². The van der Waals surface area contributed by atoms with E-state index in [9.17, 15) is 23.7 Å². The first-order chi connectivity index (χ1) is 9.90. The highest BCUT2D eigenvalue weighted by atomic mass is 19.1. The standard InChI is InChI=1S/C13H10F2N2O4/c1-7(11-3-2-4-21-11)16-13(18)9-5-8(14)6-10(12(9)15)17(19)20/h2-7H,1H3,(H,16,18). The molecule has 0 saturated heterocycles. The molecular formula is C13H10F2N2O4. The number of nitrogens with one attached hydrogen (secondary N) is 1. The summed E-state index contributed by atoms with van der Waals surface area (Å²) in [4.78, 5) is 21.4. The Kier molecular flexibility index (Phi) is 3.97. The van der Waals surface area contributed by atoms with E-state index in [4.69, 9.17) is 4.42 Å². The third-order valence-electron chi connectivity index (χ3n) is 2.78. The van der Waals surface area contributed by atoms with Gasteiger partial charge in [-0.25, -0.2) is 4.39 Å². The first-order valence-corrected chi connectivity index (χ1v) is 5.88. The van der Waals surface area contributed by atoms with Crippen LogP contribution in [-0.2, 0) is 0 Å². The predicted octanol–water partition coefficient (Wildman–Crippen LogP) is 2.96. The van der Waals surface area contributed by atoms with Gasteiger partial charge in [0.1, 0.15) is 11.6 Å². The van der Waals surface area contributed by atoms with Gasteiger partial charge in [0.15, 0.2) is 0 Å². The lowest BCUT2D eigenvalue weighted by Crippen LogP contribution is -2.27. The zero-order valence-corrected chi connectivity index (χ0v) is 10.8. The fourth-order valence-corrected chi connectivity index (χ4v) is 1.76. The van der Waals surface area contributed by atoms with Gasteiger partial charge < -0.3 is 9.73 Å². The average molecular weight is 296 g/mol. The van der Waals surface area contributed by atoms with Crippen LogP contribution in [0.25, 0.3) is 0 Å². The number of halogens is 2. The van der Waals surface area contributed by atoms with E-state index in [0.717, 1.165) is 0 Å². The van der Waals surface area contributed by atoms with Gasteiger partial charge in [0.25, 0.3) is 5.91 Å². The van der Waals surface area contributed by atoms with E-state index < -0.39 is 39.8 Å². The van der Waals surface area contributed by atoms with Gasteiger partial charge >= 0.3 is 5.69 Å². The number of carbonyl (C=O) groups excluding carboxylic acids is 1. The van der Waals surface area contributed by atoms with Crippen molar-refractivity contribution in [1.82, 2.24) is 5.32 Å². The van der Waals surface area contributed by atoms with Gasteiger partial charge in [0.05, 0.1) is 28.9 Å². The van der Waals surface area contributed by atoms with Crippen LogP contribution in [0, 0.1) is 21.7 Å². The number of nitro benzene ring substituents is 1. The molecule has 1 atom stereocenters. The highest BCUT2D eigenvalue weighted by molar-refractivity contribution is 5.95. The second-order valence-electron chi connectivity index (χ2n) is 4.25. The number of nitrogens with zero attached hydrogens (tertiary/aromatic N) is 1. The number of rotatable bonds is 4. The van der Waals surface area contributed by atoms with Crippen molar-refractivity contribution in [2.24, 2.45) is 0 Å². The molecule has 21 heavy (non-hydrogen) atoms. The Labute approximate surface area is 117 Å². The third kappa shape index (κ3) is 3.04. The predicted molar refractivity (Wildman–Crippen MR) is 67.6 cm³/mol. The number of nitro groups is 1. The molecule has 0 spiro atoms. The van der Waals surface area contributed by atoms with Gasteiger partial charge in [0, 0.05) is 0 Å². The van der Waals surface area contributed by atoms with Gasteiger partial charge in [-0.15, -0.1) is 0 Å². The molecule has 1 unspecified atom stereocenters. The SMILES string of the molecule is CC(NC(=O)c1cc(F)cc([N+](=O)[O-])c1F)c1ccco1. The largest absolute Gasteiger partial charge is 0.467 e. The Hall–Kier alpha value is -2.77. The molecule has 110 valence electrons. The first-order valence-electron chi connectivity index (χ1n) is 5.88. The van der Waals surface area contributed by atoms with Crippen LogP contribution < -0.4 is 5.32 Å². The minimum Gasteiger partial charge on any atom is -0.467 e. The molecule has 0 radical (unpaired) electrons. The van der Waals surface area contributed by atoms with Crippen molar-refractivity contribution in [2.45, 2.75) is 13.0 Å². The zero-order chi connectivity index (χ0) is 15.6. The summed E-state index contributed by atoms with van der Waals surface area (Å²) in [7, 11) is 0. The van der Waals surface area contributed by atoms with E-state index >= 15 is 0 Å². The Bertz CT molecular complexity index is 686. The fourth-order valence-electron chi connectivity index (χ4n) is 1.76. The first kappa shape index (κ1) is 14.6. The maximum Gasteiger partial charge on any atom is 0.308 e. The van der Waals surface area contributed by atoms with Crippen molar-refractivity contribution in [3.8, 4) is 0 Å². The van der Waals surface area contributed by atoms with E-state index in [1.807, 2.05) is 0 Å². The summed E-state index contributed by atoms with van der Waals surface area (Å²) >= 11 is 0. The summed E-state index contributed by atoms with van der Waals surface area (Å²) in [5.74, 6) is -3.02. The molecule has 0 bridgehead atoms. The molecule has 1 heterocycles. The van der Waals surface area contributed by atoms with E-state index in [1.54, 1.807) is 19.1 Å². The number of benzene rings is 1. The van der Waals surface area contributed by atoms with Crippen LogP contribution in [0.15, 0.2) is 34.9 Å². The quantitative estimate of drug-likeness (QED) is 0.694. The summed E-state index contributed by atoms with van der Waals surface area (Å²) in [6.07, 6.45) is 1.39. The summed E-state index contributed by atoms with van der Waals surface area (Å²) in [5, 5.41) is 13.0. The van der Waals surface area contributed by atoms with Crippen LogP contribution in [0.4, 0.5) is 14.5 Å².